The zero-order valence-electron chi connectivity index (χ0n) is 17.3. The van der Waals surface area contributed by atoms with E-state index in [4.69, 9.17) is 10.3 Å². The lowest BCUT2D eigenvalue weighted by atomic mass is 9.91. The summed E-state index contributed by atoms with van der Waals surface area (Å²) in [6.07, 6.45) is 7.44. The van der Waals surface area contributed by atoms with Gasteiger partial charge >= 0.3 is 0 Å². The largest absolute Gasteiger partial charge is 0.366 e. The van der Waals surface area contributed by atoms with Gasteiger partial charge < -0.3 is 20.5 Å². The van der Waals surface area contributed by atoms with Gasteiger partial charge in [0.2, 0.25) is 17.7 Å². The number of nitrogens with zero attached hydrogens (tertiary/aromatic N) is 4. The molecule has 1 aliphatic carbocycles. The normalized spacial score (nSPS) is 19.0. The third kappa shape index (κ3) is 4.01. The minimum Gasteiger partial charge on any atom is -0.366 e. The van der Waals surface area contributed by atoms with Crippen LogP contribution in [0.15, 0.2) is 22.9 Å². The fraction of sp³-hybridized carbons (Fsp3) is 0.571. The van der Waals surface area contributed by atoms with Crippen molar-refractivity contribution in [2.45, 2.75) is 57.4 Å². The van der Waals surface area contributed by atoms with Crippen LogP contribution < -0.4 is 16.0 Å². The first-order valence-corrected chi connectivity index (χ1v) is 10.7. The Morgan fingerprint density at radius 3 is 2.57 bits per heavy atom. The molecular weight excluding hydrogens is 384 g/mol. The number of piperidine rings is 1. The summed E-state index contributed by atoms with van der Waals surface area (Å²) in [6, 6.07) is 3.48. The van der Waals surface area contributed by atoms with Gasteiger partial charge in [-0.25, -0.2) is 4.98 Å². The smallest absolute Gasteiger partial charge is 0.250 e. The maximum Gasteiger partial charge on any atom is 0.250 e. The molecule has 160 valence electrons. The van der Waals surface area contributed by atoms with Gasteiger partial charge in [-0.1, -0.05) is 24.9 Å². The Kier molecular flexibility index (Phi) is 5.69. The molecule has 0 bridgehead atoms. The molecule has 3 N–H and O–H groups in total. The first-order valence-electron chi connectivity index (χ1n) is 10.7. The summed E-state index contributed by atoms with van der Waals surface area (Å²) >= 11 is 0. The zero-order chi connectivity index (χ0) is 21.1. The number of aromatic nitrogens is 3. The summed E-state index contributed by atoms with van der Waals surface area (Å²) < 4.78 is 5.31. The van der Waals surface area contributed by atoms with Crippen molar-refractivity contribution in [2.24, 2.45) is 11.7 Å². The Labute approximate surface area is 175 Å². The fourth-order valence-electron chi connectivity index (χ4n) is 4.40. The van der Waals surface area contributed by atoms with Crippen LogP contribution in [0.4, 0.5) is 5.82 Å². The highest BCUT2D eigenvalue weighted by Crippen LogP contribution is 2.38. The molecule has 0 radical (unpaired) electrons. The molecule has 9 heteroatoms. The quantitative estimate of drug-likeness (QED) is 0.742. The van der Waals surface area contributed by atoms with Gasteiger partial charge in [-0.2, -0.15) is 4.98 Å². The van der Waals surface area contributed by atoms with E-state index in [-0.39, 0.29) is 11.8 Å². The van der Waals surface area contributed by atoms with Crippen LogP contribution in [-0.4, -0.2) is 40.0 Å². The van der Waals surface area contributed by atoms with Crippen LogP contribution in [0.5, 0.6) is 0 Å². The molecule has 30 heavy (non-hydrogen) atoms. The first-order chi connectivity index (χ1) is 14.5. The van der Waals surface area contributed by atoms with E-state index < -0.39 is 11.4 Å². The lowest BCUT2D eigenvalue weighted by molar-refractivity contribution is -0.127. The minimum absolute atomic E-state index is 0.0545. The monoisotopic (exact) mass is 412 g/mol. The van der Waals surface area contributed by atoms with Gasteiger partial charge in [-0.15, -0.1) is 0 Å². The Balaban J connectivity index is 1.38. The highest BCUT2D eigenvalue weighted by atomic mass is 16.5. The zero-order valence-corrected chi connectivity index (χ0v) is 17.3. The highest BCUT2D eigenvalue weighted by molar-refractivity contribution is 5.92. The number of primary amides is 1. The second kappa shape index (κ2) is 8.41. The average Bonchev–Trinajstić information content (AvgIpc) is 3.44. The van der Waals surface area contributed by atoms with E-state index in [2.05, 4.69) is 25.3 Å². The number of aryl methyl sites for hydroxylation is 1. The molecule has 0 spiro atoms. The molecule has 1 saturated heterocycles. The predicted octanol–water partition coefficient (Wildman–Crippen LogP) is 1.93. The van der Waals surface area contributed by atoms with E-state index in [9.17, 15) is 9.59 Å². The Hall–Kier alpha value is -2.97. The first kappa shape index (κ1) is 20.3. The Bertz CT molecular complexity index is 896. The summed E-state index contributed by atoms with van der Waals surface area (Å²) in [5.74, 6) is 1.54. The van der Waals surface area contributed by atoms with E-state index in [1.54, 1.807) is 12.1 Å². The van der Waals surface area contributed by atoms with Gasteiger partial charge in [0.15, 0.2) is 5.82 Å². The molecule has 9 nitrogen and oxygen atoms in total. The van der Waals surface area contributed by atoms with E-state index in [1.165, 1.54) is 6.20 Å². The second-order valence-electron chi connectivity index (χ2n) is 8.17. The number of pyridine rings is 1. The van der Waals surface area contributed by atoms with Crippen molar-refractivity contribution >= 4 is 17.6 Å². The van der Waals surface area contributed by atoms with Crippen molar-refractivity contribution in [3.05, 3.63) is 35.6 Å². The lowest BCUT2D eigenvalue weighted by Gasteiger charge is -2.34. The van der Waals surface area contributed by atoms with Gasteiger partial charge in [0.05, 0.1) is 5.56 Å². The second-order valence-corrected chi connectivity index (χ2v) is 8.17. The van der Waals surface area contributed by atoms with Crippen LogP contribution in [0.2, 0.25) is 0 Å². The van der Waals surface area contributed by atoms with E-state index in [1.807, 2.05) is 6.92 Å². The standard InChI is InChI=1S/C21H28N6O3/c1-2-17-24-20(26-30-17)21(9-3-4-10-21)25-19(29)14-7-11-27(12-8-14)16-6-5-15(13-23-16)18(22)28/h5-6,13-14H,2-4,7-12H2,1H3,(H2,22,28)(H,25,29). The molecule has 2 aliphatic rings. The molecule has 1 aliphatic heterocycles. The molecule has 3 heterocycles. The van der Waals surface area contributed by atoms with Gasteiger partial charge in [0.25, 0.3) is 0 Å². The number of carbonyl (C=O) groups is 2. The minimum atomic E-state index is -0.503. The van der Waals surface area contributed by atoms with Crippen molar-refractivity contribution in [3.8, 4) is 0 Å². The van der Waals surface area contributed by atoms with E-state index in [0.29, 0.717) is 23.7 Å². The summed E-state index contributed by atoms with van der Waals surface area (Å²) in [5, 5.41) is 7.44. The summed E-state index contributed by atoms with van der Waals surface area (Å²) in [4.78, 5) is 35.3. The molecular formula is C21H28N6O3. The van der Waals surface area contributed by atoms with Crippen LogP contribution in [0.25, 0.3) is 0 Å². The third-order valence-corrected chi connectivity index (χ3v) is 6.24. The number of nitrogens with one attached hydrogen (secondary N) is 1. The summed E-state index contributed by atoms with van der Waals surface area (Å²) in [6.45, 7) is 3.44. The maximum absolute atomic E-state index is 13.1. The van der Waals surface area contributed by atoms with Gasteiger partial charge in [0, 0.05) is 31.6 Å². The number of rotatable bonds is 6. The molecule has 0 atom stereocenters. The summed E-state index contributed by atoms with van der Waals surface area (Å²) in [7, 11) is 0. The van der Waals surface area contributed by atoms with Crippen molar-refractivity contribution in [2.75, 3.05) is 18.0 Å². The highest BCUT2D eigenvalue weighted by Gasteiger charge is 2.42. The molecule has 2 fully saturated rings. The number of hydrogen-bond acceptors (Lipinski definition) is 7. The Morgan fingerprint density at radius 2 is 2.00 bits per heavy atom. The van der Waals surface area contributed by atoms with Crippen LogP contribution in [0.1, 0.15) is 67.5 Å². The summed E-state index contributed by atoms with van der Waals surface area (Å²) in [5.41, 5.74) is 5.16. The van der Waals surface area contributed by atoms with Crippen molar-refractivity contribution in [1.29, 1.82) is 0 Å². The van der Waals surface area contributed by atoms with Gasteiger partial charge in [-0.3, -0.25) is 9.59 Å². The number of carbonyl (C=O) groups excluding carboxylic acids is 2. The van der Waals surface area contributed by atoms with Crippen molar-refractivity contribution in [1.82, 2.24) is 20.4 Å². The SMILES string of the molecule is CCc1nc(C2(NC(=O)C3CCN(c4ccc(C(N)=O)cn4)CC3)CCCC2)no1. The molecule has 0 unspecified atom stereocenters. The topological polar surface area (TPSA) is 127 Å². The molecule has 2 amide bonds. The van der Waals surface area contributed by atoms with Gasteiger partial charge in [0.1, 0.15) is 11.4 Å². The van der Waals surface area contributed by atoms with Crippen LogP contribution in [0.3, 0.4) is 0 Å². The Morgan fingerprint density at radius 1 is 1.27 bits per heavy atom. The molecule has 0 aromatic carbocycles. The average molecular weight is 412 g/mol. The third-order valence-electron chi connectivity index (χ3n) is 6.24. The van der Waals surface area contributed by atoms with Crippen LogP contribution in [-0.2, 0) is 16.8 Å². The number of hydrogen-bond donors (Lipinski definition) is 2. The van der Waals surface area contributed by atoms with Crippen LogP contribution >= 0.6 is 0 Å². The molecule has 2 aromatic rings. The van der Waals surface area contributed by atoms with Crippen molar-refractivity contribution < 1.29 is 14.1 Å². The molecule has 1 saturated carbocycles. The van der Waals surface area contributed by atoms with E-state index in [0.717, 1.165) is 57.4 Å². The molecule has 4 rings (SSSR count). The van der Waals surface area contributed by atoms with Gasteiger partial charge in [-0.05, 0) is 37.8 Å². The number of amides is 2. The maximum atomic E-state index is 13.1. The van der Waals surface area contributed by atoms with Crippen LogP contribution in [0, 0.1) is 5.92 Å². The predicted molar refractivity (Wildman–Crippen MR) is 110 cm³/mol. The number of anilines is 1. The van der Waals surface area contributed by atoms with Crippen molar-refractivity contribution in [3.63, 3.8) is 0 Å². The lowest BCUT2D eigenvalue weighted by Crippen LogP contribution is -2.49. The molecule has 2 aromatic heterocycles. The fourth-order valence-corrected chi connectivity index (χ4v) is 4.40. The van der Waals surface area contributed by atoms with E-state index >= 15 is 0 Å². The number of nitrogens with two attached hydrogens (primary N) is 1.